The van der Waals surface area contributed by atoms with E-state index in [0.717, 1.165) is 22.4 Å². The lowest BCUT2D eigenvalue weighted by molar-refractivity contribution is -0.121. The standard InChI is InChI=1S/C19H22N2O/c1-13-6-3-4-8-16(13)12-17(22)21-19(15-9-10-15)18-14(2)7-5-11-20-18/h3-8,11,15,19H,9-10,12H2,1-2H3,(H,21,22)/t19-/m1/s1. The largest absolute Gasteiger partial charge is 0.347 e. The van der Waals surface area contributed by atoms with Crippen molar-refractivity contribution in [2.24, 2.45) is 5.92 Å². The highest BCUT2D eigenvalue weighted by Crippen LogP contribution is 2.41. The zero-order valence-corrected chi connectivity index (χ0v) is 13.2. The molecule has 1 N–H and O–H groups in total. The van der Waals surface area contributed by atoms with Gasteiger partial charge in [0.1, 0.15) is 0 Å². The molecule has 1 heterocycles. The van der Waals surface area contributed by atoms with Crippen LogP contribution in [0.3, 0.4) is 0 Å². The molecule has 1 saturated carbocycles. The van der Waals surface area contributed by atoms with Gasteiger partial charge in [-0.05, 0) is 55.4 Å². The molecule has 0 unspecified atom stereocenters. The summed E-state index contributed by atoms with van der Waals surface area (Å²) < 4.78 is 0. The minimum Gasteiger partial charge on any atom is -0.347 e. The summed E-state index contributed by atoms with van der Waals surface area (Å²) in [6.07, 6.45) is 4.59. The van der Waals surface area contributed by atoms with Gasteiger partial charge in [-0.3, -0.25) is 9.78 Å². The topological polar surface area (TPSA) is 42.0 Å². The van der Waals surface area contributed by atoms with Gasteiger partial charge in [0.15, 0.2) is 0 Å². The van der Waals surface area contributed by atoms with E-state index in [2.05, 4.69) is 23.3 Å². The fraction of sp³-hybridized carbons (Fsp3) is 0.368. The Morgan fingerprint density at radius 1 is 1.18 bits per heavy atom. The zero-order valence-electron chi connectivity index (χ0n) is 13.2. The summed E-state index contributed by atoms with van der Waals surface area (Å²) in [5.41, 5.74) is 4.42. The van der Waals surface area contributed by atoms with Gasteiger partial charge in [0, 0.05) is 6.20 Å². The van der Waals surface area contributed by atoms with Gasteiger partial charge in [-0.1, -0.05) is 30.3 Å². The monoisotopic (exact) mass is 294 g/mol. The molecule has 0 saturated heterocycles. The number of pyridine rings is 1. The van der Waals surface area contributed by atoms with Crippen molar-refractivity contribution in [3.05, 3.63) is 65.0 Å². The molecule has 3 nitrogen and oxygen atoms in total. The van der Waals surface area contributed by atoms with Crippen LogP contribution >= 0.6 is 0 Å². The maximum Gasteiger partial charge on any atom is 0.224 e. The Morgan fingerprint density at radius 3 is 2.59 bits per heavy atom. The average molecular weight is 294 g/mol. The van der Waals surface area contributed by atoms with Gasteiger partial charge in [-0.15, -0.1) is 0 Å². The van der Waals surface area contributed by atoms with Crippen LogP contribution in [0, 0.1) is 19.8 Å². The third kappa shape index (κ3) is 3.35. The van der Waals surface area contributed by atoms with Crippen molar-refractivity contribution in [2.75, 3.05) is 0 Å². The molecule has 1 amide bonds. The minimum absolute atomic E-state index is 0.0534. The van der Waals surface area contributed by atoms with Crippen molar-refractivity contribution in [2.45, 2.75) is 39.2 Å². The molecule has 0 bridgehead atoms. The maximum atomic E-state index is 12.5. The molecule has 22 heavy (non-hydrogen) atoms. The van der Waals surface area contributed by atoms with Gasteiger partial charge in [0.25, 0.3) is 0 Å². The Balaban J connectivity index is 1.73. The highest BCUT2D eigenvalue weighted by molar-refractivity contribution is 5.79. The number of hydrogen-bond donors (Lipinski definition) is 1. The smallest absolute Gasteiger partial charge is 0.224 e. The van der Waals surface area contributed by atoms with E-state index in [1.807, 2.05) is 43.5 Å². The second-order valence-corrected chi connectivity index (χ2v) is 6.19. The van der Waals surface area contributed by atoms with Gasteiger partial charge in [-0.2, -0.15) is 0 Å². The minimum atomic E-state index is 0.0534. The number of aryl methyl sites for hydroxylation is 2. The quantitative estimate of drug-likeness (QED) is 0.917. The Labute approximate surface area is 131 Å². The van der Waals surface area contributed by atoms with Crippen LogP contribution in [0.4, 0.5) is 0 Å². The number of nitrogens with zero attached hydrogens (tertiary/aromatic N) is 1. The van der Waals surface area contributed by atoms with Crippen molar-refractivity contribution in [1.29, 1.82) is 0 Å². The van der Waals surface area contributed by atoms with Crippen LogP contribution in [0.25, 0.3) is 0 Å². The molecule has 1 aliphatic carbocycles. The molecule has 0 radical (unpaired) electrons. The van der Waals surface area contributed by atoms with E-state index < -0.39 is 0 Å². The van der Waals surface area contributed by atoms with E-state index in [9.17, 15) is 4.79 Å². The van der Waals surface area contributed by atoms with Gasteiger partial charge in [0.2, 0.25) is 5.91 Å². The molecule has 0 aliphatic heterocycles. The summed E-state index contributed by atoms with van der Waals surface area (Å²) in [6, 6.07) is 12.1. The van der Waals surface area contributed by atoms with Gasteiger partial charge in [0.05, 0.1) is 18.2 Å². The Morgan fingerprint density at radius 2 is 1.91 bits per heavy atom. The number of amides is 1. The van der Waals surface area contributed by atoms with Crippen molar-refractivity contribution in [3.63, 3.8) is 0 Å². The lowest BCUT2D eigenvalue weighted by Crippen LogP contribution is -2.32. The third-order valence-electron chi connectivity index (χ3n) is 4.37. The van der Waals surface area contributed by atoms with Crippen LogP contribution in [-0.4, -0.2) is 10.9 Å². The van der Waals surface area contributed by atoms with E-state index in [0.29, 0.717) is 12.3 Å². The fourth-order valence-corrected chi connectivity index (χ4v) is 2.87. The summed E-state index contributed by atoms with van der Waals surface area (Å²) >= 11 is 0. The predicted molar refractivity (Wildman–Crippen MR) is 87.5 cm³/mol. The Hall–Kier alpha value is -2.16. The number of carbonyl (C=O) groups excluding carboxylic acids is 1. The summed E-state index contributed by atoms with van der Waals surface area (Å²) in [6.45, 7) is 4.11. The second-order valence-electron chi connectivity index (χ2n) is 6.19. The molecule has 1 atom stereocenters. The second kappa shape index (κ2) is 6.30. The Kier molecular flexibility index (Phi) is 4.23. The van der Waals surface area contributed by atoms with E-state index in [4.69, 9.17) is 0 Å². The molecule has 0 spiro atoms. The molecule has 114 valence electrons. The van der Waals surface area contributed by atoms with E-state index >= 15 is 0 Å². The number of benzene rings is 1. The zero-order chi connectivity index (χ0) is 15.5. The van der Waals surface area contributed by atoms with E-state index in [-0.39, 0.29) is 11.9 Å². The summed E-state index contributed by atoms with van der Waals surface area (Å²) in [7, 11) is 0. The Bertz CT molecular complexity index is 677. The van der Waals surface area contributed by atoms with E-state index in [1.54, 1.807) is 0 Å². The number of carbonyl (C=O) groups is 1. The van der Waals surface area contributed by atoms with Gasteiger partial charge >= 0.3 is 0 Å². The molecule has 1 aromatic heterocycles. The summed E-state index contributed by atoms with van der Waals surface area (Å²) in [5, 5.41) is 3.21. The van der Waals surface area contributed by atoms with Crippen molar-refractivity contribution >= 4 is 5.91 Å². The van der Waals surface area contributed by atoms with Crippen molar-refractivity contribution < 1.29 is 4.79 Å². The highest BCUT2D eigenvalue weighted by Gasteiger charge is 2.35. The normalized spacial score (nSPS) is 15.4. The van der Waals surface area contributed by atoms with Crippen LogP contribution in [0.5, 0.6) is 0 Å². The molecular formula is C19H22N2O. The van der Waals surface area contributed by atoms with Crippen LogP contribution in [0.1, 0.15) is 41.3 Å². The first-order valence-corrected chi connectivity index (χ1v) is 7.90. The number of hydrogen-bond acceptors (Lipinski definition) is 2. The fourth-order valence-electron chi connectivity index (χ4n) is 2.87. The first-order chi connectivity index (χ1) is 10.6. The highest BCUT2D eigenvalue weighted by atomic mass is 16.1. The van der Waals surface area contributed by atoms with Crippen LogP contribution in [-0.2, 0) is 11.2 Å². The SMILES string of the molecule is Cc1ccccc1CC(=O)N[C@@H](c1ncccc1C)C1CC1. The molecular weight excluding hydrogens is 272 g/mol. The first kappa shape index (κ1) is 14.8. The van der Waals surface area contributed by atoms with Gasteiger partial charge in [-0.25, -0.2) is 0 Å². The van der Waals surface area contributed by atoms with Crippen molar-refractivity contribution in [1.82, 2.24) is 10.3 Å². The summed E-state index contributed by atoms with van der Waals surface area (Å²) in [5.74, 6) is 0.616. The molecule has 1 aromatic carbocycles. The van der Waals surface area contributed by atoms with E-state index in [1.165, 1.54) is 12.8 Å². The lowest BCUT2D eigenvalue weighted by atomic mass is 10.0. The molecule has 1 fully saturated rings. The maximum absolute atomic E-state index is 12.5. The molecule has 3 heteroatoms. The first-order valence-electron chi connectivity index (χ1n) is 7.90. The third-order valence-corrected chi connectivity index (χ3v) is 4.37. The predicted octanol–water partition coefficient (Wildman–Crippen LogP) is 3.51. The molecule has 2 aromatic rings. The van der Waals surface area contributed by atoms with Crippen LogP contribution in [0.2, 0.25) is 0 Å². The molecule has 3 rings (SSSR count). The van der Waals surface area contributed by atoms with Crippen molar-refractivity contribution in [3.8, 4) is 0 Å². The average Bonchev–Trinajstić information content (AvgIpc) is 3.33. The number of rotatable bonds is 5. The number of nitrogens with one attached hydrogen (secondary N) is 1. The number of aromatic nitrogens is 1. The summed E-state index contributed by atoms with van der Waals surface area (Å²) in [4.78, 5) is 17.0. The molecule has 1 aliphatic rings. The van der Waals surface area contributed by atoms with Crippen LogP contribution in [0.15, 0.2) is 42.6 Å². The van der Waals surface area contributed by atoms with Gasteiger partial charge < -0.3 is 5.32 Å². The lowest BCUT2D eigenvalue weighted by Gasteiger charge is -2.20. The van der Waals surface area contributed by atoms with Crippen LogP contribution < -0.4 is 5.32 Å².